The molecule has 0 aromatic heterocycles. The molecule has 0 bridgehead atoms. The molecule has 100 valence electrons. The number of rotatable bonds is 5. The zero-order chi connectivity index (χ0) is 13.7. The zero-order valence-corrected chi connectivity index (χ0v) is 11.2. The maximum absolute atomic E-state index is 9.09. The molecule has 0 aliphatic heterocycles. The molecule has 0 radical (unpaired) electrons. The third-order valence-electron chi connectivity index (χ3n) is 3.38. The van der Waals surface area contributed by atoms with Crippen molar-refractivity contribution in [2.45, 2.75) is 13.3 Å². The van der Waals surface area contributed by atoms with E-state index in [1.807, 2.05) is 0 Å². The molecule has 2 rings (SSSR count). The first kappa shape index (κ1) is 13.8. The fourth-order valence-electron chi connectivity index (χ4n) is 2.10. The largest absolute Gasteiger partial charge is 0.396 e. The molecular weight excluding hydrogens is 236 g/mol. The smallest absolute Gasteiger partial charge is 0.0484 e. The van der Waals surface area contributed by atoms with Crippen LogP contribution in [0.2, 0.25) is 0 Å². The number of benzene rings is 2. The maximum Gasteiger partial charge on any atom is 0.0484 e. The van der Waals surface area contributed by atoms with Gasteiger partial charge in [0.15, 0.2) is 0 Å². The normalized spacial score (nSPS) is 10.9. The summed E-state index contributed by atoms with van der Waals surface area (Å²) in [4.78, 5) is 0. The highest BCUT2D eigenvalue weighted by Crippen LogP contribution is 2.21. The van der Waals surface area contributed by atoms with E-state index in [0.717, 1.165) is 5.56 Å². The van der Waals surface area contributed by atoms with E-state index in [1.165, 1.54) is 16.7 Å². The van der Waals surface area contributed by atoms with Gasteiger partial charge in [0.05, 0.1) is 0 Å². The number of hydrogen-bond donors (Lipinski definition) is 2. The van der Waals surface area contributed by atoms with Gasteiger partial charge in [-0.25, -0.2) is 0 Å². The quantitative estimate of drug-likeness (QED) is 0.863. The van der Waals surface area contributed by atoms with Crippen LogP contribution in [0.15, 0.2) is 48.5 Å². The Bertz CT molecular complexity index is 496. The van der Waals surface area contributed by atoms with E-state index >= 15 is 0 Å². The van der Waals surface area contributed by atoms with Crippen molar-refractivity contribution >= 4 is 0 Å². The van der Waals surface area contributed by atoms with E-state index in [9.17, 15) is 0 Å². The molecule has 0 heterocycles. The van der Waals surface area contributed by atoms with Gasteiger partial charge in [-0.1, -0.05) is 54.1 Å². The lowest BCUT2D eigenvalue weighted by molar-refractivity contribution is 0.150. The van der Waals surface area contributed by atoms with Gasteiger partial charge >= 0.3 is 0 Å². The highest BCUT2D eigenvalue weighted by molar-refractivity contribution is 5.63. The summed E-state index contributed by atoms with van der Waals surface area (Å²) in [5.41, 5.74) is 4.80. The van der Waals surface area contributed by atoms with Crippen LogP contribution >= 0.6 is 0 Å². The fourth-order valence-corrected chi connectivity index (χ4v) is 2.10. The van der Waals surface area contributed by atoms with Gasteiger partial charge in [0.2, 0.25) is 0 Å². The Kier molecular flexibility index (Phi) is 4.72. The van der Waals surface area contributed by atoms with Crippen molar-refractivity contribution in [2.75, 3.05) is 13.2 Å². The minimum absolute atomic E-state index is 0.0240. The Hall–Kier alpha value is -1.64. The number of hydrogen-bond acceptors (Lipinski definition) is 2. The molecule has 2 aromatic rings. The van der Waals surface area contributed by atoms with Crippen LogP contribution in [-0.4, -0.2) is 23.4 Å². The van der Waals surface area contributed by atoms with Crippen LogP contribution in [0.25, 0.3) is 11.1 Å². The highest BCUT2D eigenvalue weighted by Gasteiger charge is 2.07. The van der Waals surface area contributed by atoms with Gasteiger partial charge in [-0.05, 0) is 30.0 Å². The second-order valence-corrected chi connectivity index (χ2v) is 5.00. The van der Waals surface area contributed by atoms with Crippen molar-refractivity contribution in [2.24, 2.45) is 5.92 Å². The van der Waals surface area contributed by atoms with Crippen molar-refractivity contribution in [1.82, 2.24) is 0 Å². The molecule has 0 saturated heterocycles. The molecule has 2 nitrogen and oxygen atoms in total. The lowest BCUT2D eigenvalue weighted by Crippen LogP contribution is -2.13. The van der Waals surface area contributed by atoms with Crippen molar-refractivity contribution in [1.29, 1.82) is 0 Å². The minimum Gasteiger partial charge on any atom is -0.396 e. The fraction of sp³-hybridized carbons (Fsp3) is 0.294. The molecule has 2 heteroatoms. The monoisotopic (exact) mass is 256 g/mol. The minimum atomic E-state index is -0.0646. The molecule has 0 saturated carbocycles. The third kappa shape index (κ3) is 3.66. The summed E-state index contributed by atoms with van der Waals surface area (Å²) in [5.74, 6) is -0.0646. The van der Waals surface area contributed by atoms with E-state index in [4.69, 9.17) is 10.2 Å². The first-order valence-electron chi connectivity index (χ1n) is 6.60. The predicted octanol–water partition coefficient (Wildman–Crippen LogP) is 2.81. The van der Waals surface area contributed by atoms with E-state index in [0.29, 0.717) is 6.42 Å². The van der Waals surface area contributed by atoms with Crippen molar-refractivity contribution in [3.05, 3.63) is 59.7 Å². The second kappa shape index (κ2) is 6.50. The summed E-state index contributed by atoms with van der Waals surface area (Å²) >= 11 is 0. The van der Waals surface area contributed by atoms with E-state index in [1.54, 1.807) is 0 Å². The van der Waals surface area contributed by atoms with Gasteiger partial charge in [0, 0.05) is 19.1 Å². The number of aryl methyl sites for hydroxylation is 1. The summed E-state index contributed by atoms with van der Waals surface area (Å²) in [6.07, 6.45) is 0.710. The predicted molar refractivity (Wildman–Crippen MR) is 78.0 cm³/mol. The van der Waals surface area contributed by atoms with Crippen molar-refractivity contribution in [3.63, 3.8) is 0 Å². The molecule has 2 N–H and O–H groups in total. The Balaban J connectivity index is 2.12. The van der Waals surface area contributed by atoms with Crippen LogP contribution in [-0.2, 0) is 6.42 Å². The summed E-state index contributed by atoms with van der Waals surface area (Å²) in [6, 6.07) is 16.8. The van der Waals surface area contributed by atoms with Gasteiger partial charge in [-0.3, -0.25) is 0 Å². The van der Waals surface area contributed by atoms with Crippen molar-refractivity contribution < 1.29 is 10.2 Å². The van der Waals surface area contributed by atoms with E-state index in [2.05, 4.69) is 55.5 Å². The zero-order valence-electron chi connectivity index (χ0n) is 11.2. The molecule has 0 amide bonds. The Morgan fingerprint density at radius 3 is 1.74 bits per heavy atom. The molecule has 0 unspecified atom stereocenters. The third-order valence-corrected chi connectivity index (χ3v) is 3.38. The van der Waals surface area contributed by atoms with Gasteiger partial charge in [0.25, 0.3) is 0 Å². The topological polar surface area (TPSA) is 40.5 Å². The lowest BCUT2D eigenvalue weighted by atomic mass is 9.98. The van der Waals surface area contributed by atoms with Crippen LogP contribution in [0.5, 0.6) is 0 Å². The average molecular weight is 256 g/mol. The summed E-state index contributed by atoms with van der Waals surface area (Å²) in [6.45, 7) is 2.13. The SMILES string of the molecule is Cc1ccc(-c2ccc(CC(CO)CO)cc2)cc1. The summed E-state index contributed by atoms with van der Waals surface area (Å²) in [5, 5.41) is 18.2. The van der Waals surface area contributed by atoms with Crippen LogP contribution in [0.4, 0.5) is 0 Å². The number of aliphatic hydroxyl groups excluding tert-OH is 2. The standard InChI is InChI=1S/C17H20O2/c1-13-2-6-16(7-3-13)17-8-4-14(5-9-17)10-15(11-18)12-19/h2-9,15,18-19H,10-12H2,1H3. The lowest BCUT2D eigenvalue weighted by Gasteiger charge is -2.11. The first-order valence-corrected chi connectivity index (χ1v) is 6.60. The molecule has 2 aromatic carbocycles. The Morgan fingerprint density at radius 1 is 0.789 bits per heavy atom. The Labute approximate surface area is 114 Å². The maximum atomic E-state index is 9.09. The van der Waals surface area contributed by atoms with Crippen LogP contribution in [0.3, 0.4) is 0 Å². The summed E-state index contributed by atoms with van der Waals surface area (Å²) in [7, 11) is 0. The van der Waals surface area contributed by atoms with Crippen LogP contribution < -0.4 is 0 Å². The molecule has 19 heavy (non-hydrogen) atoms. The van der Waals surface area contributed by atoms with Crippen LogP contribution in [0.1, 0.15) is 11.1 Å². The van der Waals surface area contributed by atoms with E-state index in [-0.39, 0.29) is 19.1 Å². The summed E-state index contributed by atoms with van der Waals surface area (Å²) < 4.78 is 0. The van der Waals surface area contributed by atoms with Gasteiger partial charge in [-0.2, -0.15) is 0 Å². The second-order valence-electron chi connectivity index (χ2n) is 5.00. The van der Waals surface area contributed by atoms with Gasteiger partial charge in [0.1, 0.15) is 0 Å². The number of aliphatic hydroxyl groups is 2. The molecule has 0 aliphatic carbocycles. The van der Waals surface area contributed by atoms with Gasteiger partial charge < -0.3 is 10.2 Å². The van der Waals surface area contributed by atoms with Crippen LogP contribution in [0, 0.1) is 12.8 Å². The molecule has 0 spiro atoms. The average Bonchev–Trinajstić information content (AvgIpc) is 2.46. The van der Waals surface area contributed by atoms with Gasteiger partial charge in [-0.15, -0.1) is 0 Å². The van der Waals surface area contributed by atoms with Crippen molar-refractivity contribution in [3.8, 4) is 11.1 Å². The molecular formula is C17H20O2. The highest BCUT2D eigenvalue weighted by atomic mass is 16.3. The first-order chi connectivity index (χ1) is 9.22. The molecule has 0 atom stereocenters. The molecule has 0 aliphatic rings. The Morgan fingerprint density at radius 2 is 1.26 bits per heavy atom. The van der Waals surface area contributed by atoms with E-state index < -0.39 is 0 Å². The molecule has 0 fully saturated rings.